The van der Waals surface area contributed by atoms with Gasteiger partial charge in [-0.25, -0.2) is 0 Å². The molecule has 0 amide bonds. The number of alkyl halides is 3. The van der Waals surface area contributed by atoms with Gasteiger partial charge < -0.3 is 10.1 Å². The fourth-order valence-corrected chi connectivity index (χ4v) is 1.88. The smallest absolute Gasteiger partial charge is 0.371 e. The first-order chi connectivity index (χ1) is 7.47. The van der Waals surface area contributed by atoms with E-state index < -0.39 is 12.8 Å². The van der Waals surface area contributed by atoms with E-state index in [0.29, 0.717) is 12.6 Å². The van der Waals surface area contributed by atoms with Crippen molar-refractivity contribution in [3.05, 3.63) is 0 Å². The van der Waals surface area contributed by atoms with E-state index in [1.165, 1.54) is 19.3 Å². The summed E-state index contributed by atoms with van der Waals surface area (Å²) in [6.45, 7) is 1.53. The highest BCUT2D eigenvalue weighted by atomic mass is 19.4. The van der Waals surface area contributed by atoms with Crippen molar-refractivity contribution in [2.75, 3.05) is 19.8 Å². The summed E-state index contributed by atoms with van der Waals surface area (Å²) < 4.78 is 39.7. The van der Waals surface area contributed by atoms with E-state index in [2.05, 4.69) is 17.0 Å². The standard InChI is InChI=1S/C11H20F3NO/c1-9(7-10-3-2-4-10)15-5-6-16-8-11(12,13)14/h9-10,15H,2-8H2,1H3. The van der Waals surface area contributed by atoms with Gasteiger partial charge in [0.05, 0.1) is 6.61 Å². The summed E-state index contributed by atoms with van der Waals surface area (Å²) in [5.74, 6) is 0.818. The highest BCUT2D eigenvalue weighted by Gasteiger charge is 2.27. The Morgan fingerprint density at radius 1 is 1.38 bits per heavy atom. The van der Waals surface area contributed by atoms with Gasteiger partial charge >= 0.3 is 6.18 Å². The average Bonchev–Trinajstić information content (AvgIpc) is 2.09. The Hall–Kier alpha value is -0.290. The van der Waals surface area contributed by atoms with Crippen molar-refractivity contribution >= 4 is 0 Å². The number of rotatable bonds is 7. The van der Waals surface area contributed by atoms with Gasteiger partial charge in [0, 0.05) is 12.6 Å². The van der Waals surface area contributed by atoms with Gasteiger partial charge in [0.25, 0.3) is 0 Å². The molecule has 0 bridgehead atoms. The van der Waals surface area contributed by atoms with Crippen molar-refractivity contribution in [3.8, 4) is 0 Å². The van der Waals surface area contributed by atoms with E-state index in [0.717, 1.165) is 12.3 Å². The monoisotopic (exact) mass is 239 g/mol. The van der Waals surface area contributed by atoms with Gasteiger partial charge in [0.2, 0.25) is 0 Å². The Balaban J connectivity index is 1.89. The lowest BCUT2D eigenvalue weighted by Gasteiger charge is -2.28. The second-order valence-electron chi connectivity index (χ2n) is 4.56. The van der Waals surface area contributed by atoms with E-state index >= 15 is 0 Å². The number of hydrogen-bond donors (Lipinski definition) is 1. The highest BCUT2D eigenvalue weighted by molar-refractivity contribution is 4.74. The molecular weight excluding hydrogens is 219 g/mol. The first-order valence-corrected chi connectivity index (χ1v) is 5.85. The minimum atomic E-state index is -4.21. The van der Waals surface area contributed by atoms with E-state index in [-0.39, 0.29) is 6.61 Å². The van der Waals surface area contributed by atoms with E-state index in [4.69, 9.17) is 0 Å². The van der Waals surface area contributed by atoms with E-state index in [9.17, 15) is 13.2 Å². The predicted octanol–water partition coefficient (Wildman–Crippen LogP) is 2.73. The second-order valence-corrected chi connectivity index (χ2v) is 4.56. The topological polar surface area (TPSA) is 21.3 Å². The molecule has 1 atom stereocenters. The summed E-state index contributed by atoms with van der Waals surface area (Å²) in [6.07, 6.45) is 0.843. The molecule has 0 heterocycles. The fraction of sp³-hybridized carbons (Fsp3) is 1.00. The van der Waals surface area contributed by atoms with Crippen LogP contribution >= 0.6 is 0 Å². The Bertz CT molecular complexity index is 192. The van der Waals surface area contributed by atoms with Crippen LogP contribution in [0.25, 0.3) is 0 Å². The lowest BCUT2D eigenvalue weighted by molar-refractivity contribution is -0.173. The lowest BCUT2D eigenvalue weighted by Crippen LogP contribution is -2.33. The molecule has 0 aromatic carbocycles. The molecule has 0 aliphatic heterocycles. The third-order valence-corrected chi connectivity index (χ3v) is 2.92. The van der Waals surface area contributed by atoms with Crippen LogP contribution in [-0.4, -0.2) is 32.0 Å². The van der Waals surface area contributed by atoms with Crippen molar-refractivity contribution < 1.29 is 17.9 Å². The zero-order chi connectivity index (χ0) is 12.0. The molecule has 0 saturated heterocycles. The molecule has 1 rings (SSSR count). The summed E-state index contributed by atoms with van der Waals surface area (Å²) in [5, 5.41) is 3.18. The first kappa shape index (κ1) is 13.8. The number of nitrogens with one attached hydrogen (secondary N) is 1. The molecule has 0 aromatic heterocycles. The summed E-state index contributed by atoms with van der Waals surface area (Å²) in [4.78, 5) is 0. The second kappa shape index (κ2) is 6.45. The van der Waals surface area contributed by atoms with Crippen molar-refractivity contribution in [1.82, 2.24) is 5.32 Å². The maximum absolute atomic E-state index is 11.7. The zero-order valence-corrected chi connectivity index (χ0v) is 9.65. The molecule has 16 heavy (non-hydrogen) atoms. The maximum atomic E-state index is 11.7. The van der Waals surface area contributed by atoms with Gasteiger partial charge in [-0.3, -0.25) is 0 Å². The first-order valence-electron chi connectivity index (χ1n) is 5.85. The van der Waals surface area contributed by atoms with Gasteiger partial charge in [-0.2, -0.15) is 13.2 Å². The SMILES string of the molecule is CC(CC1CCC1)NCCOCC(F)(F)F. The Labute approximate surface area is 94.5 Å². The lowest BCUT2D eigenvalue weighted by atomic mass is 9.81. The molecule has 1 fully saturated rings. The van der Waals surface area contributed by atoms with Gasteiger partial charge in [-0.05, 0) is 19.3 Å². The van der Waals surface area contributed by atoms with Crippen LogP contribution in [0.5, 0.6) is 0 Å². The summed E-state index contributed by atoms with van der Waals surface area (Å²) in [6, 6.07) is 0.375. The third kappa shape index (κ3) is 6.33. The fourth-order valence-electron chi connectivity index (χ4n) is 1.88. The molecule has 96 valence electrons. The van der Waals surface area contributed by atoms with Crippen molar-refractivity contribution in [3.63, 3.8) is 0 Å². The highest BCUT2D eigenvalue weighted by Crippen LogP contribution is 2.30. The van der Waals surface area contributed by atoms with Crippen LogP contribution in [0.3, 0.4) is 0 Å². The number of hydrogen-bond acceptors (Lipinski definition) is 2. The molecular formula is C11H20F3NO. The molecule has 0 spiro atoms. The molecule has 1 saturated carbocycles. The Morgan fingerprint density at radius 3 is 2.56 bits per heavy atom. The van der Waals surface area contributed by atoms with Crippen molar-refractivity contribution in [2.24, 2.45) is 5.92 Å². The molecule has 1 unspecified atom stereocenters. The summed E-state index contributed by atoms with van der Waals surface area (Å²) in [7, 11) is 0. The molecule has 5 heteroatoms. The summed E-state index contributed by atoms with van der Waals surface area (Å²) in [5.41, 5.74) is 0. The molecule has 1 aliphatic rings. The normalized spacial score (nSPS) is 19.5. The molecule has 2 nitrogen and oxygen atoms in total. The van der Waals surface area contributed by atoms with Gasteiger partial charge in [-0.1, -0.05) is 19.3 Å². The number of halogens is 3. The quantitative estimate of drug-likeness (QED) is 0.690. The predicted molar refractivity (Wildman–Crippen MR) is 56.3 cm³/mol. The van der Waals surface area contributed by atoms with Gasteiger partial charge in [0.1, 0.15) is 6.61 Å². The average molecular weight is 239 g/mol. The molecule has 0 aromatic rings. The molecule has 1 aliphatic carbocycles. The van der Waals surface area contributed by atoms with Crippen molar-refractivity contribution in [2.45, 2.75) is 44.8 Å². The van der Waals surface area contributed by atoms with Crippen LogP contribution in [0, 0.1) is 5.92 Å². The van der Waals surface area contributed by atoms with Crippen LogP contribution in [0.4, 0.5) is 13.2 Å². The minimum Gasteiger partial charge on any atom is -0.371 e. The zero-order valence-electron chi connectivity index (χ0n) is 9.65. The molecule has 1 N–H and O–H groups in total. The largest absolute Gasteiger partial charge is 0.411 e. The van der Waals surface area contributed by atoms with Crippen molar-refractivity contribution in [1.29, 1.82) is 0 Å². The molecule has 0 radical (unpaired) electrons. The van der Waals surface area contributed by atoms with Crippen LogP contribution in [0.2, 0.25) is 0 Å². The van der Waals surface area contributed by atoms with Crippen LogP contribution < -0.4 is 5.32 Å². The number of ether oxygens (including phenoxy) is 1. The van der Waals surface area contributed by atoms with E-state index in [1.807, 2.05) is 0 Å². The minimum absolute atomic E-state index is 0.120. The summed E-state index contributed by atoms with van der Waals surface area (Å²) >= 11 is 0. The third-order valence-electron chi connectivity index (χ3n) is 2.92. The van der Waals surface area contributed by atoms with Gasteiger partial charge in [0.15, 0.2) is 0 Å². The van der Waals surface area contributed by atoms with Crippen LogP contribution in [-0.2, 0) is 4.74 Å². The van der Waals surface area contributed by atoms with Crippen LogP contribution in [0.15, 0.2) is 0 Å². The Morgan fingerprint density at radius 2 is 2.06 bits per heavy atom. The van der Waals surface area contributed by atoms with E-state index in [1.54, 1.807) is 0 Å². The Kier molecular flexibility index (Phi) is 5.55. The maximum Gasteiger partial charge on any atom is 0.411 e. The van der Waals surface area contributed by atoms with Crippen LogP contribution in [0.1, 0.15) is 32.6 Å². The van der Waals surface area contributed by atoms with Gasteiger partial charge in [-0.15, -0.1) is 0 Å².